The summed E-state index contributed by atoms with van der Waals surface area (Å²) in [5.74, 6) is 0.00162. The average molecular weight is 304 g/mol. The van der Waals surface area contributed by atoms with Crippen LogP contribution in [0, 0.1) is 0 Å². The van der Waals surface area contributed by atoms with E-state index in [1.165, 1.54) is 7.11 Å². The summed E-state index contributed by atoms with van der Waals surface area (Å²) in [5.41, 5.74) is 1.09. The molecule has 22 heavy (non-hydrogen) atoms. The molecule has 5 heteroatoms. The van der Waals surface area contributed by atoms with Gasteiger partial charge in [0.15, 0.2) is 0 Å². The van der Waals surface area contributed by atoms with Crippen molar-refractivity contribution >= 4 is 12.0 Å². The van der Waals surface area contributed by atoms with Gasteiger partial charge in [0.05, 0.1) is 7.11 Å². The number of rotatable bonds is 4. The van der Waals surface area contributed by atoms with Crippen LogP contribution in [0.5, 0.6) is 0 Å². The van der Waals surface area contributed by atoms with Crippen LogP contribution in [0.2, 0.25) is 0 Å². The minimum Gasteiger partial charge on any atom is -0.453 e. The molecule has 1 aliphatic rings. The molecule has 1 heterocycles. The minimum absolute atomic E-state index is 0.00162. The molecule has 0 bridgehead atoms. The highest BCUT2D eigenvalue weighted by atomic mass is 16.5. The van der Waals surface area contributed by atoms with Crippen molar-refractivity contribution < 1.29 is 14.3 Å². The molecule has 1 aliphatic heterocycles. The minimum atomic E-state index is -0.417. The van der Waals surface area contributed by atoms with E-state index >= 15 is 0 Å². The third-order valence-corrected chi connectivity index (χ3v) is 4.05. The van der Waals surface area contributed by atoms with Crippen LogP contribution in [0.4, 0.5) is 4.79 Å². The first kappa shape index (κ1) is 16.3. The molecule has 1 aromatic rings. The van der Waals surface area contributed by atoms with E-state index in [9.17, 15) is 9.59 Å². The first-order valence-corrected chi connectivity index (χ1v) is 7.73. The molecule has 0 N–H and O–H groups in total. The molecule has 2 amide bonds. The van der Waals surface area contributed by atoms with Crippen molar-refractivity contribution in [3.8, 4) is 0 Å². The number of amides is 2. The van der Waals surface area contributed by atoms with E-state index in [-0.39, 0.29) is 11.9 Å². The summed E-state index contributed by atoms with van der Waals surface area (Å²) in [4.78, 5) is 28.1. The summed E-state index contributed by atoms with van der Waals surface area (Å²) in [7, 11) is 1.35. The molecule has 5 nitrogen and oxygen atoms in total. The van der Waals surface area contributed by atoms with Gasteiger partial charge in [-0.1, -0.05) is 30.3 Å². The van der Waals surface area contributed by atoms with E-state index in [0.717, 1.165) is 12.0 Å². The van der Waals surface area contributed by atoms with Crippen molar-refractivity contribution in [3.63, 3.8) is 0 Å². The van der Waals surface area contributed by atoms with Gasteiger partial charge in [0.25, 0.3) is 0 Å². The highest BCUT2D eigenvalue weighted by molar-refractivity contribution is 5.86. The van der Waals surface area contributed by atoms with E-state index in [0.29, 0.717) is 19.5 Å². The molecule has 1 fully saturated rings. The van der Waals surface area contributed by atoms with E-state index in [2.05, 4.69) is 0 Å². The van der Waals surface area contributed by atoms with Crippen molar-refractivity contribution in [3.05, 3.63) is 35.9 Å². The Kier molecular flexibility index (Phi) is 5.41. The van der Waals surface area contributed by atoms with E-state index in [1.807, 2.05) is 49.1 Å². The van der Waals surface area contributed by atoms with Crippen LogP contribution in [-0.4, -0.2) is 47.5 Å². The van der Waals surface area contributed by atoms with Crippen molar-refractivity contribution in [2.45, 2.75) is 45.3 Å². The van der Waals surface area contributed by atoms with Crippen LogP contribution in [0.25, 0.3) is 0 Å². The van der Waals surface area contributed by atoms with Crippen LogP contribution in [0.15, 0.2) is 30.3 Å². The van der Waals surface area contributed by atoms with Crippen LogP contribution >= 0.6 is 0 Å². The molecular formula is C17H24N2O3. The molecule has 1 aromatic carbocycles. The second-order valence-corrected chi connectivity index (χ2v) is 5.87. The molecule has 1 saturated heterocycles. The van der Waals surface area contributed by atoms with Gasteiger partial charge in [0, 0.05) is 19.1 Å². The van der Waals surface area contributed by atoms with Gasteiger partial charge < -0.3 is 9.64 Å². The predicted octanol–water partition coefficient (Wildman–Crippen LogP) is 2.65. The summed E-state index contributed by atoms with van der Waals surface area (Å²) in [5, 5.41) is 0. The zero-order valence-corrected chi connectivity index (χ0v) is 13.5. The van der Waals surface area contributed by atoms with Gasteiger partial charge in [-0.2, -0.15) is 0 Å². The van der Waals surface area contributed by atoms with Gasteiger partial charge in [-0.15, -0.1) is 0 Å². The fourth-order valence-electron chi connectivity index (χ4n) is 2.85. The molecule has 0 radical (unpaired) electrons. The zero-order valence-electron chi connectivity index (χ0n) is 13.5. The molecule has 0 spiro atoms. The highest BCUT2D eigenvalue weighted by Gasteiger charge is 2.37. The zero-order chi connectivity index (χ0) is 16.1. The molecule has 1 atom stereocenters. The number of nitrogens with zero attached hydrogens (tertiary/aromatic N) is 2. The van der Waals surface area contributed by atoms with Gasteiger partial charge in [-0.25, -0.2) is 4.79 Å². The molecule has 0 saturated carbocycles. The lowest BCUT2D eigenvalue weighted by atomic mass is 10.1. The summed E-state index contributed by atoms with van der Waals surface area (Å²) in [6.07, 6.45) is 1.12. The maximum Gasteiger partial charge on any atom is 0.410 e. The van der Waals surface area contributed by atoms with Gasteiger partial charge in [0.1, 0.15) is 6.04 Å². The average Bonchev–Trinajstić information content (AvgIpc) is 3.01. The number of carbonyl (C=O) groups is 2. The number of hydrogen-bond donors (Lipinski definition) is 0. The van der Waals surface area contributed by atoms with Crippen molar-refractivity contribution in [1.82, 2.24) is 9.80 Å². The topological polar surface area (TPSA) is 49.9 Å². The highest BCUT2D eigenvalue weighted by Crippen LogP contribution is 2.22. The number of hydrogen-bond acceptors (Lipinski definition) is 3. The molecule has 2 rings (SSSR count). The van der Waals surface area contributed by atoms with E-state index < -0.39 is 12.1 Å². The Morgan fingerprint density at radius 2 is 2.00 bits per heavy atom. The van der Waals surface area contributed by atoms with Crippen molar-refractivity contribution in [2.24, 2.45) is 0 Å². The second kappa shape index (κ2) is 7.29. The van der Waals surface area contributed by atoms with Crippen LogP contribution < -0.4 is 0 Å². The van der Waals surface area contributed by atoms with Crippen LogP contribution in [0.3, 0.4) is 0 Å². The number of methoxy groups -OCH3 is 1. The van der Waals surface area contributed by atoms with E-state index in [1.54, 1.807) is 4.90 Å². The fraction of sp³-hybridized carbons (Fsp3) is 0.529. The predicted molar refractivity (Wildman–Crippen MR) is 84.3 cm³/mol. The number of ether oxygens (including phenoxy) is 1. The number of benzene rings is 1. The maximum atomic E-state index is 12.9. The Bertz CT molecular complexity index is 516. The van der Waals surface area contributed by atoms with Crippen LogP contribution in [-0.2, 0) is 16.1 Å². The molecule has 1 unspecified atom stereocenters. The standard InChI is InChI=1S/C17H24N2O3/c1-13(2)19(12-14-8-5-4-6-9-14)16(20)15-10-7-11-18(15)17(21)22-3/h4-6,8-9,13,15H,7,10-12H2,1-3H3. The van der Waals surface area contributed by atoms with Crippen LogP contribution in [0.1, 0.15) is 32.3 Å². The monoisotopic (exact) mass is 304 g/mol. The Labute approximate surface area is 131 Å². The Morgan fingerprint density at radius 1 is 1.32 bits per heavy atom. The lowest BCUT2D eigenvalue weighted by molar-refractivity contribution is -0.138. The first-order valence-electron chi connectivity index (χ1n) is 7.73. The molecule has 0 aromatic heterocycles. The Hall–Kier alpha value is -2.04. The largest absolute Gasteiger partial charge is 0.453 e. The smallest absolute Gasteiger partial charge is 0.410 e. The number of carbonyl (C=O) groups excluding carboxylic acids is 2. The lowest BCUT2D eigenvalue weighted by Crippen LogP contribution is -2.49. The summed E-state index contributed by atoms with van der Waals surface area (Å²) >= 11 is 0. The fourth-order valence-corrected chi connectivity index (χ4v) is 2.85. The molecular weight excluding hydrogens is 280 g/mol. The quantitative estimate of drug-likeness (QED) is 0.859. The third-order valence-electron chi connectivity index (χ3n) is 4.05. The Morgan fingerprint density at radius 3 is 2.59 bits per heavy atom. The van der Waals surface area contributed by atoms with Gasteiger partial charge in [-0.05, 0) is 32.3 Å². The number of likely N-dealkylation sites (tertiary alicyclic amines) is 1. The van der Waals surface area contributed by atoms with Gasteiger partial charge in [0.2, 0.25) is 5.91 Å². The summed E-state index contributed by atoms with van der Waals surface area (Å²) < 4.78 is 4.79. The SMILES string of the molecule is COC(=O)N1CCCC1C(=O)N(Cc1ccccc1)C(C)C. The maximum absolute atomic E-state index is 12.9. The van der Waals surface area contributed by atoms with E-state index in [4.69, 9.17) is 4.74 Å². The second-order valence-electron chi connectivity index (χ2n) is 5.87. The van der Waals surface area contributed by atoms with Gasteiger partial charge in [-0.3, -0.25) is 9.69 Å². The normalized spacial score (nSPS) is 17.6. The van der Waals surface area contributed by atoms with Crippen molar-refractivity contribution in [1.29, 1.82) is 0 Å². The summed E-state index contributed by atoms with van der Waals surface area (Å²) in [6.45, 7) is 5.14. The molecule has 0 aliphatic carbocycles. The third kappa shape index (κ3) is 3.59. The Balaban J connectivity index is 2.14. The van der Waals surface area contributed by atoms with Crippen molar-refractivity contribution in [2.75, 3.05) is 13.7 Å². The van der Waals surface area contributed by atoms with Gasteiger partial charge >= 0.3 is 6.09 Å². The molecule has 120 valence electrons. The summed E-state index contributed by atoms with van der Waals surface area (Å²) in [6, 6.07) is 9.58. The first-order chi connectivity index (χ1) is 10.5. The lowest BCUT2D eigenvalue weighted by Gasteiger charge is -2.32.